The standard InChI is InChI=1S/C18H26N2O/c1-13-7-5-9-14(13)18(21)20-12-6-10-16(19-2)15-8-3-4-11-17(15)20/h3-4,8,11,13-14,16,19H,5-7,9-10,12H2,1-2H3. The third-order valence-electron chi connectivity index (χ3n) is 5.27. The van der Waals surface area contributed by atoms with Crippen molar-refractivity contribution in [1.82, 2.24) is 5.32 Å². The van der Waals surface area contributed by atoms with E-state index in [0.717, 1.165) is 31.5 Å². The number of hydrogen-bond donors (Lipinski definition) is 1. The average Bonchev–Trinajstić information content (AvgIpc) is 2.84. The van der Waals surface area contributed by atoms with Crippen LogP contribution >= 0.6 is 0 Å². The van der Waals surface area contributed by atoms with Crippen LogP contribution in [0.15, 0.2) is 24.3 Å². The summed E-state index contributed by atoms with van der Waals surface area (Å²) in [6, 6.07) is 8.77. The largest absolute Gasteiger partial charge is 0.313 e. The van der Waals surface area contributed by atoms with Crippen molar-refractivity contribution in [2.24, 2.45) is 11.8 Å². The zero-order chi connectivity index (χ0) is 14.8. The molecule has 0 radical (unpaired) electrons. The summed E-state index contributed by atoms with van der Waals surface area (Å²) in [7, 11) is 2.01. The van der Waals surface area contributed by atoms with Crippen molar-refractivity contribution in [3.8, 4) is 0 Å². The number of hydrogen-bond acceptors (Lipinski definition) is 2. The molecule has 3 rings (SSSR count). The summed E-state index contributed by atoms with van der Waals surface area (Å²) < 4.78 is 0. The van der Waals surface area contributed by atoms with Gasteiger partial charge in [-0.25, -0.2) is 0 Å². The molecule has 3 unspecified atom stereocenters. The van der Waals surface area contributed by atoms with Crippen LogP contribution in [0.25, 0.3) is 0 Å². The summed E-state index contributed by atoms with van der Waals surface area (Å²) >= 11 is 0. The molecule has 1 aliphatic heterocycles. The lowest BCUT2D eigenvalue weighted by atomic mass is 9.96. The second-order valence-electron chi connectivity index (χ2n) is 6.55. The molecule has 0 bridgehead atoms. The molecule has 1 fully saturated rings. The summed E-state index contributed by atoms with van der Waals surface area (Å²) in [5.74, 6) is 1.11. The minimum atomic E-state index is 0.226. The summed E-state index contributed by atoms with van der Waals surface area (Å²) in [4.78, 5) is 15.1. The fourth-order valence-corrected chi connectivity index (χ4v) is 4.00. The van der Waals surface area contributed by atoms with E-state index in [1.165, 1.54) is 18.4 Å². The van der Waals surface area contributed by atoms with E-state index < -0.39 is 0 Å². The first-order chi connectivity index (χ1) is 10.2. The van der Waals surface area contributed by atoms with Gasteiger partial charge in [0.15, 0.2) is 0 Å². The van der Waals surface area contributed by atoms with Gasteiger partial charge in [0.05, 0.1) is 0 Å². The van der Waals surface area contributed by atoms with Crippen LogP contribution in [-0.4, -0.2) is 19.5 Å². The highest BCUT2D eigenvalue weighted by Gasteiger charge is 2.35. The van der Waals surface area contributed by atoms with Gasteiger partial charge >= 0.3 is 0 Å². The number of fused-ring (bicyclic) bond motifs is 1. The van der Waals surface area contributed by atoms with Gasteiger partial charge in [0.1, 0.15) is 0 Å². The van der Waals surface area contributed by atoms with Gasteiger partial charge in [-0.15, -0.1) is 0 Å². The highest BCUT2D eigenvalue weighted by Crippen LogP contribution is 2.37. The Morgan fingerprint density at radius 1 is 1.19 bits per heavy atom. The Labute approximate surface area is 127 Å². The molecule has 1 aromatic carbocycles. The molecule has 1 heterocycles. The lowest BCUT2D eigenvalue weighted by molar-refractivity contribution is -0.123. The third-order valence-corrected chi connectivity index (χ3v) is 5.27. The van der Waals surface area contributed by atoms with Crippen LogP contribution < -0.4 is 10.2 Å². The Morgan fingerprint density at radius 3 is 2.71 bits per heavy atom. The third kappa shape index (κ3) is 2.71. The van der Waals surface area contributed by atoms with Gasteiger partial charge in [0.2, 0.25) is 5.91 Å². The molecule has 1 aliphatic carbocycles. The average molecular weight is 286 g/mol. The van der Waals surface area contributed by atoms with Crippen LogP contribution in [0, 0.1) is 11.8 Å². The maximum absolute atomic E-state index is 13.0. The van der Waals surface area contributed by atoms with Crippen molar-refractivity contribution < 1.29 is 4.79 Å². The normalized spacial score (nSPS) is 29.0. The summed E-state index contributed by atoms with van der Waals surface area (Å²) in [5, 5.41) is 3.40. The molecule has 114 valence electrons. The van der Waals surface area contributed by atoms with Crippen LogP contribution in [0.5, 0.6) is 0 Å². The maximum Gasteiger partial charge on any atom is 0.230 e. The molecule has 0 saturated heterocycles. The van der Waals surface area contributed by atoms with Crippen molar-refractivity contribution >= 4 is 11.6 Å². The molecule has 21 heavy (non-hydrogen) atoms. The Kier molecular flexibility index (Phi) is 4.29. The SMILES string of the molecule is CNC1CCCN(C(=O)C2CCCC2C)c2ccccc21. The molecule has 2 aliphatic rings. The number of carbonyl (C=O) groups is 1. The predicted octanol–water partition coefficient (Wildman–Crippen LogP) is 3.51. The van der Waals surface area contributed by atoms with Crippen LogP contribution in [0.4, 0.5) is 5.69 Å². The second kappa shape index (κ2) is 6.18. The van der Waals surface area contributed by atoms with Crippen molar-refractivity contribution in [2.75, 3.05) is 18.5 Å². The van der Waals surface area contributed by atoms with Crippen LogP contribution in [-0.2, 0) is 4.79 Å². The number of rotatable bonds is 2. The highest BCUT2D eigenvalue weighted by atomic mass is 16.2. The number of para-hydroxylation sites is 1. The van der Waals surface area contributed by atoms with E-state index in [1.807, 2.05) is 7.05 Å². The summed E-state index contributed by atoms with van der Waals surface area (Å²) in [6.07, 6.45) is 5.62. The van der Waals surface area contributed by atoms with E-state index in [9.17, 15) is 4.79 Å². The number of nitrogens with one attached hydrogen (secondary N) is 1. The zero-order valence-corrected chi connectivity index (χ0v) is 13.1. The molecule has 1 N–H and O–H groups in total. The van der Waals surface area contributed by atoms with Gasteiger partial charge in [-0.05, 0) is 50.3 Å². The Hall–Kier alpha value is -1.35. The van der Waals surface area contributed by atoms with Crippen molar-refractivity contribution in [2.45, 2.75) is 45.1 Å². The van der Waals surface area contributed by atoms with Gasteiger partial charge in [0, 0.05) is 24.2 Å². The predicted molar refractivity (Wildman–Crippen MR) is 86.3 cm³/mol. The van der Waals surface area contributed by atoms with Gasteiger partial charge in [-0.2, -0.15) is 0 Å². The van der Waals surface area contributed by atoms with Crippen molar-refractivity contribution in [3.63, 3.8) is 0 Å². The van der Waals surface area contributed by atoms with Gasteiger partial charge in [0.25, 0.3) is 0 Å². The van der Waals surface area contributed by atoms with E-state index in [-0.39, 0.29) is 5.92 Å². The number of amides is 1. The lowest BCUT2D eigenvalue weighted by Crippen LogP contribution is -2.38. The smallest absolute Gasteiger partial charge is 0.230 e. The lowest BCUT2D eigenvalue weighted by Gasteiger charge is -2.28. The monoisotopic (exact) mass is 286 g/mol. The second-order valence-corrected chi connectivity index (χ2v) is 6.55. The molecular weight excluding hydrogens is 260 g/mol. The zero-order valence-electron chi connectivity index (χ0n) is 13.1. The highest BCUT2D eigenvalue weighted by molar-refractivity contribution is 5.96. The molecule has 0 aromatic heterocycles. The van der Waals surface area contributed by atoms with Crippen LogP contribution in [0.3, 0.4) is 0 Å². The Balaban J connectivity index is 1.93. The van der Waals surface area contributed by atoms with Crippen molar-refractivity contribution in [1.29, 1.82) is 0 Å². The van der Waals surface area contributed by atoms with Crippen molar-refractivity contribution in [3.05, 3.63) is 29.8 Å². The fraction of sp³-hybridized carbons (Fsp3) is 0.611. The minimum absolute atomic E-state index is 0.226. The molecular formula is C18H26N2O. The Bertz CT molecular complexity index is 514. The maximum atomic E-state index is 13.0. The van der Waals surface area contributed by atoms with E-state index in [4.69, 9.17) is 0 Å². The number of nitrogens with zero attached hydrogens (tertiary/aromatic N) is 1. The molecule has 1 aromatic rings. The number of benzene rings is 1. The van der Waals surface area contributed by atoms with Gasteiger partial charge < -0.3 is 10.2 Å². The summed E-state index contributed by atoms with van der Waals surface area (Å²) in [6.45, 7) is 3.09. The molecule has 0 spiro atoms. The first-order valence-electron chi connectivity index (χ1n) is 8.30. The van der Waals surface area contributed by atoms with Crippen LogP contribution in [0.1, 0.15) is 50.6 Å². The molecule has 3 nitrogen and oxygen atoms in total. The molecule has 1 saturated carbocycles. The topological polar surface area (TPSA) is 32.3 Å². The quantitative estimate of drug-likeness (QED) is 0.902. The minimum Gasteiger partial charge on any atom is -0.313 e. The van der Waals surface area contributed by atoms with E-state index >= 15 is 0 Å². The first kappa shape index (κ1) is 14.6. The molecule has 3 atom stereocenters. The Morgan fingerprint density at radius 2 is 2.00 bits per heavy atom. The van der Waals surface area contributed by atoms with E-state index in [2.05, 4.69) is 41.4 Å². The number of anilines is 1. The van der Waals surface area contributed by atoms with Gasteiger partial charge in [-0.3, -0.25) is 4.79 Å². The van der Waals surface area contributed by atoms with Crippen LogP contribution in [0.2, 0.25) is 0 Å². The molecule has 1 amide bonds. The first-order valence-corrected chi connectivity index (χ1v) is 8.30. The number of carbonyl (C=O) groups excluding carboxylic acids is 1. The fourth-order valence-electron chi connectivity index (χ4n) is 4.00. The van der Waals surface area contributed by atoms with E-state index in [0.29, 0.717) is 17.9 Å². The van der Waals surface area contributed by atoms with E-state index in [1.54, 1.807) is 0 Å². The summed E-state index contributed by atoms with van der Waals surface area (Å²) in [5.41, 5.74) is 2.40. The molecule has 3 heteroatoms. The van der Waals surface area contributed by atoms with Gasteiger partial charge in [-0.1, -0.05) is 31.5 Å².